The third-order valence-electron chi connectivity index (χ3n) is 6.36. The van der Waals surface area contributed by atoms with Gasteiger partial charge < -0.3 is 23.7 Å². The van der Waals surface area contributed by atoms with Crippen molar-refractivity contribution in [2.45, 2.75) is 91.4 Å². The number of nitrogens with one attached hydrogen (secondary N) is 1. The maximum Gasteiger partial charge on any atom is 0.433 e. The van der Waals surface area contributed by atoms with Crippen LogP contribution in [0.25, 0.3) is 11.1 Å². The molecule has 0 aliphatic carbocycles. The summed E-state index contributed by atoms with van der Waals surface area (Å²) in [5.41, 5.74) is 1.03. The number of anilines is 2. The molecule has 0 saturated heterocycles. The number of esters is 1. The lowest BCUT2D eigenvalue weighted by atomic mass is 9.99. The van der Waals surface area contributed by atoms with Crippen molar-refractivity contribution in [3.05, 3.63) is 54.9 Å². The van der Waals surface area contributed by atoms with Crippen molar-refractivity contribution in [2.75, 3.05) is 37.1 Å². The lowest BCUT2D eigenvalue weighted by Gasteiger charge is -2.33. The Bertz CT molecular complexity index is 1460. The van der Waals surface area contributed by atoms with Crippen molar-refractivity contribution < 1.29 is 42.9 Å². The average Bonchev–Trinajstić information content (AvgIpc) is 2.99. The SMILES string of the molecule is C=CC[C@@H](C(=O)OCC)N(C(=O)OC(C)(C)C)c1cc(NC(=O)OCCOC)ccc1-c1ccnc(CCCC=NC(=O)OC(C)(C)C)c1. The number of benzene rings is 1. The molecule has 0 radical (unpaired) electrons. The molecule has 1 N–H and O–H groups in total. The predicted molar refractivity (Wildman–Crippen MR) is 188 cm³/mol. The van der Waals surface area contributed by atoms with Gasteiger partial charge in [0.15, 0.2) is 0 Å². The number of unbranched alkanes of at least 4 members (excludes halogenated alkanes) is 1. The number of carbonyl (C=O) groups excluding carboxylic acids is 4. The fourth-order valence-corrected chi connectivity index (χ4v) is 4.42. The van der Waals surface area contributed by atoms with Crippen molar-refractivity contribution in [3.63, 3.8) is 0 Å². The third-order valence-corrected chi connectivity index (χ3v) is 6.36. The molecule has 1 aromatic carbocycles. The second-order valence-electron chi connectivity index (χ2n) is 12.8. The van der Waals surface area contributed by atoms with Crippen LogP contribution in [0.2, 0.25) is 0 Å². The van der Waals surface area contributed by atoms with Crippen LogP contribution in [0, 0.1) is 0 Å². The van der Waals surface area contributed by atoms with Crippen molar-refractivity contribution in [3.8, 4) is 11.1 Å². The van der Waals surface area contributed by atoms with Gasteiger partial charge in [-0.25, -0.2) is 19.2 Å². The number of aromatic nitrogens is 1. The Morgan fingerprint density at radius 1 is 1.00 bits per heavy atom. The van der Waals surface area contributed by atoms with Gasteiger partial charge in [-0.15, -0.1) is 6.58 Å². The Morgan fingerprint density at radius 3 is 2.35 bits per heavy atom. The molecule has 13 nitrogen and oxygen atoms in total. The van der Waals surface area contributed by atoms with E-state index in [1.165, 1.54) is 24.3 Å². The molecule has 2 rings (SSSR count). The number of hydrogen-bond donors (Lipinski definition) is 1. The standard InChI is InChI=1S/C36H50N4O9/c1-10-14-29(31(41)46-11-2)40(34(44)49-36(6,7)8)30-24-27(39-33(43)47-22-21-45-9)16-17-28(30)25-18-20-37-26(23-25)15-12-13-19-38-32(42)48-35(3,4)5/h10,16-20,23-24,29H,1,11-15,21-22H2,2-9H3,(H,39,43)/t29-/m0/s1. The van der Waals surface area contributed by atoms with Crippen LogP contribution in [0.15, 0.2) is 54.2 Å². The van der Waals surface area contributed by atoms with E-state index in [1.807, 2.05) is 6.07 Å². The van der Waals surface area contributed by atoms with Gasteiger partial charge in [-0.2, -0.15) is 4.99 Å². The Balaban J connectivity index is 2.58. The summed E-state index contributed by atoms with van der Waals surface area (Å²) >= 11 is 0. The number of nitrogens with zero attached hydrogens (tertiary/aromatic N) is 3. The fourth-order valence-electron chi connectivity index (χ4n) is 4.42. The molecule has 1 aromatic heterocycles. The number of aliphatic imine (C=N–C) groups is 1. The zero-order chi connectivity index (χ0) is 36.6. The number of pyridine rings is 1. The molecule has 0 aliphatic heterocycles. The van der Waals surface area contributed by atoms with Gasteiger partial charge in [0.1, 0.15) is 23.9 Å². The highest BCUT2D eigenvalue weighted by Gasteiger charge is 2.36. The van der Waals surface area contributed by atoms with Crippen LogP contribution in [0.1, 0.15) is 73.4 Å². The summed E-state index contributed by atoms with van der Waals surface area (Å²) in [6.45, 7) is 16.3. The molecule has 0 aliphatic rings. The van der Waals surface area contributed by atoms with Gasteiger partial charge in [-0.05, 0) is 104 Å². The van der Waals surface area contributed by atoms with Gasteiger partial charge in [-0.3, -0.25) is 15.2 Å². The van der Waals surface area contributed by atoms with Gasteiger partial charge in [0.25, 0.3) is 0 Å². The van der Waals surface area contributed by atoms with Crippen molar-refractivity contribution in [1.29, 1.82) is 0 Å². The van der Waals surface area contributed by atoms with Crippen LogP contribution in [-0.2, 0) is 34.9 Å². The monoisotopic (exact) mass is 682 g/mol. The molecule has 0 saturated carbocycles. The van der Waals surface area contributed by atoms with Crippen LogP contribution in [0.5, 0.6) is 0 Å². The number of amides is 3. The molecule has 0 fully saturated rings. The predicted octanol–water partition coefficient (Wildman–Crippen LogP) is 7.52. The molecule has 1 heterocycles. The fraction of sp³-hybridized carbons (Fsp3) is 0.500. The Kier molecular flexibility index (Phi) is 15.9. The second-order valence-corrected chi connectivity index (χ2v) is 12.8. The molecule has 3 amide bonds. The normalized spacial score (nSPS) is 12.2. The van der Waals surface area contributed by atoms with E-state index in [2.05, 4.69) is 21.9 Å². The zero-order valence-electron chi connectivity index (χ0n) is 29.9. The van der Waals surface area contributed by atoms with E-state index >= 15 is 0 Å². The summed E-state index contributed by atoms with van der Waals surface area (Å²) in [6, 6.07) is 7.46. The minimum atomic E-state index is -1.14. The van der Waals surface area contributed by atoms with Crippen LogP contribution in [0.3, 0.4) is 0 Å². The minimum Gasteiger partial charge on any atom is -0.464 e. The minimum absolute atomic E-state index is 0.0359. The van der Waals surface area contributed by atoms with Gasteiger partial charge in [0, 0.05) is 36.5 Å². The summed E-state index contributed by atoms with van der Waals surface area (Å²) in [5, 5.41) is 2.67. The smallest absolute Gasteiger partial charge is 0.433 e. The first-order valence-corrected chi connectivity index (χ1v) is 16.2. The number of methoxy groups -OCH3 is 1. The van der Waals surface area contributed by atoms with E-state index in [0.29, 0.717) is 36.1 Å². The van der Waals surface area contributed by atoms with Gasteiger partial charge in [0.2, 0.25) is 0 Å². The largest absolute Gasteiger partial charge is 0.464 e. The van der Waals surface area contributed by atoms with E-state index < -0.39 is 41.5 Å². The van der Waals surface area contributed by atoms with Crippen LogP contribution >= 0.6 is 0 Å². The molecule has 2 aromatic rings. The highest BCUT2D eigenvalue weighted by molar-refractivity contribution is 6.01. The molecule has 0 bridgehead atoms. The number of ether oxygens (including phenoxy) is 5. The van der Waals surface area contributed by atoms with Crippen molar-refractivity contribution in [2.24, 2.45) is 4.99 Å². The average molecular weight is 683 g/mol. The summed E-state index contributed by atoms with van der Waals surface area (Å²) in [7, 11) is 1.49. The molecule has 1 atom stereocenters. The maximum atomic E-state index is 13.9. The van der Waals surface area contributed by atoms with Crippen molar-refractivity contribution in [1.82, 2.24) is 4.98 Å². The Hall–Kier alpha value is -4.78. The summed E-state index contributed by atoms with van der Waals surface area (Å²) in [4.78, 5) is 61.3. The Morgan fingerprint density at radius 2 is 1.71 bits per heavy atom. The third kappa shape index (κ3) is 14.5. The lowest BCUT2D eigenvalue weighted by molar-refractivity contribution is -0.144. The number of aryl methyl sites for hydroxylation is 1. The number of carbonyl (C=O) groups is 4. The summed E-state index contributed by atoms with van der Waals surface area (Å²) < 4.78 is 26.5. The van der Waals surface area contributed by atoms with E-state index in [1.54, 1.807) is 78.9 Å². The van der Waals surface area contributed by atoms with E-state index in [9.17, 15) is 19.2 Å². The van der Waals surface area contributed by atoms with Crippen LogP contribution < -0.4 is 10.2 Å². The summed E-state index contributed by atoms with van der Waals surface area (Å²) in [5.74, 6) is -0.653. The Labute approximate surface area is 289 Å². The number of hydrogen-bond acceptors (Lipinski definition) is 10. The topological polar surface area (TPSA) is 155 Å². The molecule has 13 heteroatoms. The summed E-state index contributed by atoms with van der Waals surface area (Å²) in [6.07, 6.45) is 4.31. The van der Waals surface area contributed by atoms with E-state index in [4.69, 9.17) is 23.7 Å². The molecular formula is C36H50N4O9. The zero-order valence-corrected chi connectivity index (χ0v) is 29.9. The first-order chi connectivity index (χ1) is 23.1. The molecule has 268 valence electrons. The van der Waals surface area contributed by atoms with Gasteiger partial charge >= 0.3 is 24.2 Å². The van der Waals surface area contributed by atoms with Crippen molar-refractivity contribution >= 4 is 41.8 Å². The van der Waals surface area contributed by atoms with Crippen LogP contribution in [-0.4, -0.2) is 79.6 Å². The molecular weight excluding hydrogens is 632 g/mol. The highest BCUT2D eigenvalue weighted by Crippen LogP contribution is 2.37. The lowest BCUT2D eigenvalue weighted by Crippen LogP contribution is -2.48. The quantitative estimate of drug-likeness (QED) is 0.0655. The highest BCUT2D eigenvalue weighted by atomic mass is 16.6. The van der Waals surface area contributed by atoms with Crippen LogP contribution in [0.4, 0.5) is 25.8 Å². The molecule has 49 heavy (non-hydrogen) atoms. The van der Waals surface area contributed by atoms with Gasteiger partial charge in [-0.1, -0.05) is 12.1 Å². The first kappa shape index (κ1) is 40.4. The number of rotatable bonds is 15. The maximum absolute atomic E-state index is 13.9. The van der Waals surface area contributed by atoms with E-state index in [-0.39, 0.29) is 31.9 Å². The van der Waals surface area contributed by atoms with E-state index in [0.717, 1.165) is 5.69 Å². The molecule has 0 unspecified atom stereocenters. The molecule has 0 spiro atoms. The first-order valence-electron chi connectivity index (χ1n) is 16.2. The van der Waals surface area contributed by atoms with Gasteiger partial charge in [0.05, 0.1) is 18.9 Å². The second kappa shape index (κ2) is 19.3.